The van der Waals surface area contributed by atoms with Gasteiger partial charge in [0.05, 0.1) is 15.8 Å². The van der Waals surface area contributed by atoms with Crippen molar-refractivity contribution in [1.29, 1.82) is 0 Å². The van der Waals surface area contributed by atoms with Gasteiger partial charge in [0.2, 0.25) is 0 Å². The molecule has 1 atom stereocenters. The summed E-state index contributed by atoms with van der Waals surface area (Å²) in [6, 6.07) is 3.11. The zero-order valence-corrected chi connectivity index (χ0v) is 11.1. The maximum absolute atomic E-state index is 13.6. The Balaban J connectivity index is 2.43. The minimum absolute atomic E-state index is 0.359. The van der Waals surface area contributed by atoms with Gasteiger partial charge in [0.25, 0.3) is 0 Å². The van der Waals surface area contributed by atoms with Gasteiger partial charge in [-0.2, -0.15) is 5.10 Å². The molecule has 2 N–H and O–H groups in total. The van der Waals surface area contributed by atoms with Gasteiger partial charge in [-0.15, -0.1) is 0 Å². The first kappa shape index (κ1) is 12.3. The Labute approximate surface area is 111 Å². The summed E-state index contributed by atoms with van der Waals surface area (Å²) in [6.45, 7) is 1.76. The van der Waals surface area contributed by atoms with Gasteiger partial charge in [-0.1, -0.05) is 6.07 Å². The van der Waals surface area contributed by atoms with Crippen molar-refractivity contribution in [3.63, 3.8) is 0 Å². The van der Waals surface area contributed by atoms with Crippen molar-refractivity contribution in [3.8, 4) is 0 Å². The monoisotopic (exact) mass is 349 g/mol. The number of nitrogens with two attached hydrogens (primary N) is 1. The number of hydrogen-bond donors (Lipinski definition) is 1. The number of halogens is 3. The van der Waals surface area contributed by atoms with Crippen LogP contribution >= 0.6 is 22.6 Å². The maximum atomic E-state index is 13.6. The van der Waals surface area contributed by atoms with E-state index in [-0.39, 0.29) is 6.04 Å². The van der Waals surface area contributed by atoms with Crippen LogP contribution in [0.4, 0.5) is 14.6 Å². The predicted octanol–water partition coefficient (Wildman–Crippen LogP) is 2.96. The Morgan fingerprint density at radius 1 is 1.41 bits per heavy atom. The van der Waals surface area contributed by atoms with Gasteiger partial charge in [0, 0.05) is 11.6 Å². The van der Waals surface area contributed by atoms with Gasteiger partial charge < -0.3 is 5.73 Å². The van der Waals surface area contributed by atoms with Gasteiger partial charge in [0.1, 0.15) is 17.5 Å². The molecule has 17 heavy (non-hydrogen) atoms. The largest absolute Gasteiger partial charge is 0.383 e. The predicted molar refractivity (Wildman–Crippen MR) is 69.5 cm³/mol. The van der Waals surface area contributed by atoms with Crippen LogP contribution in [0.25, 0.3) is 0 Å². The van der Waals surface area contributed by atoms with E-state index in [1.54, 1.807) is 13.1 Å². The summed E-state index contributed by atoms with van der Waals surface area (Å²) in [4.78, 5) is 0. The molecule has 0 spiro atoms. The van der Waals surface area contributed by atoms with Gasteiger partial charge in [-0.25, -0.2) is 13.5 Å². The average molecular weight is 349 g/mol. The molecule has 0 aliphatic rings. The summed E-state index contributed by atoms with van der Waals surface area (Å²) in [5, 5.41) is 4.08. The summed E-state index contributed by atoms with van der Waals surface area (Å²) in [7, 11) is 0. The minimum atomic E-state index is -0.596. The second-order valence-electron chi connectivity index (χ2n) is 3.66. The Morgan fingerprint density at radius 3 is 2.65 bits per heavy atom. The molecule has 0 saturated carbocycles. The molecule has 0 aliphatic carbocycles. The molecule has 0 saturated heterocycles. The number of hydrogen-bond acceptors (Lipinski definition) is 2. The minimum Gasteiger partial charge on any atom is -0.383 e. The molecule has 1 aromatic carbocycles. The molecule has 90 valence electrons. The number of nitrogens with zero attached hydrogens (tertiary/aromatic N) is 2. The summed E-state index contributed by atoms with van der Waals surface area (Å²) >= 11 is 2.05. The highest BCUT2D eigenvalue weighted by molar-refractivity contribution is 14.1. The first-order valence-corrected chi connectivity index (χ1v) is 6.02. The quantitative estimate of drug-likeness (QED) is 0.848. The normalized spacial score (nSPS) is 12.7. The molecule has 2 aromatic rings. The van der Waals surface area contributed by atoms with E-state index < -0.39 is 11.6 Å². The summed E-state index contributed by atoms with van der Waals surface area (Å²) < 4.78 is 28.7. The zero-order chi connectivity index (χ0) is 12.6. The molecule has 0 amide bonds. The van der Waals surface area contributed by atoms with Crippen LogP contribution < -0.4 is 5.73 Å². The molecular formula is C11H10F2IN3. The summed E-state index contributed by atoms with van der Waals surface area (Å²) in [5.74, 6) is -0.717. The summed E-state index contributed by atoms with van der Waals surface area (Å²) in [5.41, 5.74) is 6.18. The number of anilines is 1. The molecule has 0 radical (unpaired) electrons. The lowest BCUT2D eigenvalue weighted by atomic mass is 10.1. The van der Waals surface area contributed by atoms with E-state index in [0.29, 0.717) is 11.4 Å². The van der Waals surface area contributed by atoms with E-state index in [2.05, 4.69) is 5.10 Å². The van der Waals surface area contributed by atoms with Crippen molar-refractivity contribution in [2.45, 2.75) is 13.0 Å². The third-order valence-electron chi connectivity index (χ3n) is 2.57. The van der Waals surface area contributed by atoms with Crippen molar-refractivity contribution in [1.82, 2.24) is 9.78 Å². The molecule has 0 aliphatic heterocycles. The molecule has 6 heteroatoms. The lowest BCUT2D eigenvalue weighted by Gasteiger charge is -2.15. The Kier molecular flexibility index (Phi) is 3.32. The van der Waals surface area contributed by atoms with E-state index in [4.69, 9.17) is 5.73 Å². The first-order valence-electron chi connectivity index (χ1n) is 4.94. The maximum Gasteiger partial charge on any atom is 0.135 e. The van der Waals surface area contributed by atoms with Crippen molar-refractivity contribution in [3.05, 3.63) is 45.2 Å². The molecule has 0 bridgehead atoms. The van der Waals surface area contributed by atoms with Gasteiger partial charge in [-0.05, 0) is 35.6 Å². The smallest absolute Gasteiger partial charge is 0.135 e. The van der Waals surface area contributed by atoms with E-state index in [9.17, 15) is 8.78 Å². The number of rotatable bonds is 2. The molecule has 0 fully saturated rings. The Bertz CT molecular complexity index is 554. The summed E-state index contributed by atoms with van der Waals surface area (Å²) in [6.07, 6.45) is 1.60. The highest BCUT2D eigenvalue weighted by Gasteiger charge is 2.17. The van der Waals surface area contributed by atoms with Crippen molar-refractivity contribution < 1.29 is 8.78 Å². The average Bonchev–Trinajstić information content (AvgIpc) is 2.59. The third kappa shape index (κ3) is 2.26. The second-order valence-corrected chi connectivity index (χ2v) is 4.83. The van der Waals surface area contributed by atoms with E-state index in [1.807, 2.05) is 22.6 Å². The van der Waals surface area contributed by atoms with Crippen molar-refractivity contribution in [2.24, 2.45) is 0 Å². The highest BCUT2D eigenvalue weighted by atomic mass is 127. The molecule has 1 aromatic heterocycles. The van der Waals surface area contributed by atoms with Crippen LogP contribution in [0.2, 0.25) is 0 Å². The van der Waals surface area contributed by atoms with E-state index in [0.717, 1.165) is 9.64 Å². The fraction of sp³-hybridized carbons (Fsp3) is 0.182. The number of benzene rings is 1. The van der Waals surface area contributed by atoms with Crippen LogP contribution in [-0.2, 0) is 0 Å². The van der Waals surface area contributed by atoms with E-state index in [1.165, 1.54) is 16.8 Å². The van der Waals surface area contributed by atoms with Gasteiger partial charge in [-0.3, -0.25) is 0 Å². The van der Waals surface area contributed by atoms with Crippen LogP contribution in [0, 0.1) is 15.2 Å². The Hall–Kier alpha value is -1.18. The van der Waals surface area contributed by atoms with Gasteiger partial charge in [0.15, 0.2) is 0 Å². The van der Waals surface area contributed by atoms with Crippen LogP contribution in [0.3, 0.4) is 0 Å². The van der Waals surface area contributed by atoms with Crippen LogP contribution in [-0.4, -0.2) is 9.78 Å². The molecule has 1 unspecified atom stereocenters. The lowest BCUT2D eigenvalue weighted by molar-refractivity contribution is 0.516. The third-order valence-corrected chi connectivity index (χ3v) is 3.40. The fourth-order valence-corrected chi connectivity index (χ4v) is 2.00. The Morgan fingerprint density at radius 2 is 2.12 bits per heavy atom. The van der Waals surface area contributed by atoms with Gasteiger partial charge >= 0.3 is 0 Å². The van der Waals surface area contributed by atoms with Crippen molar-refractivity contribution >= 4 is 28.4 Å². The topological polar surface area (TPSA) is 43.8 Å². The lowest BCUT2D eigenvalue weighted by Crippen LogP contribution is -2.13. The van der Waals surface area contributed by atoms with Crippen LogP contribution in [0.1, 0.15) is 18.5 Å². The van der Waals surface area contributed by atoms with E-state index >= 15 is 0 Å². The molecule has 1 heterocycles. The first-order chi connectivity index (χ1) is 8.00. The molecule has 2 rings (SSSR count). The standard InChI is InChI=1S/C11H10F2IN3/c1-6(17-11(15)10(14)5-16-17)8-3-2-7(12)4-9(8)13/h2-6H,15H2,1H3. The van der Waals surface area contributed by atoms with Crippen LogP contribution in [0.15, 0.2) is 24.4 Å². The SMILES string of the molecule is CC(c1ccc(F)cc1F)n1ncc(I)c1N. The molecular weight excluding hydrogens is 339 g/mol. The second kappa shape index (κ2) is 4.59. The zero-order valence-electron chi connectivity index (χ0n) is 8.99. The molecule has 3 nitrogen and oxygen atoms in total. The van der Waals surface area contributed by atoms with Crippen LogP contribution in [0.5, 0.6) is 0 Å². The number of nitrogen functional groups attached to an aromatic ring is 1. The fourth-order valence-electron chi connectivity index (χ4n) is 1.63. The highest BCUT2D eigenvalue weighted by Crippen LogP contribution is 2.25. The number of aromatic nitrogens is 2. The van der Waals surface area contributed by atoms with Crippen molar-refractivity contribution in [2.75, 3.05) is 5.73 Å².